The lowest BCUT2D eigenvalue weighted by atomic mass is 10.0. The number of hydrogen-bond donors (Lipinski definition) is 2. The minimum atomic E-state index is -0.900. The highest BCUT2D eigenvalue weighted by molar-refractivity contribution is 5.89. The second-order valence-corrected chi connectivity index (χ2v) is 7.91. The van der Waals surface area contributed by atoms with E-state index in [9.17, 15) is 9.59 Å². The van der Waals surface area contributed by atoms with Gasteiger partial charge < -0.3 is 14.4 Å². The van der Waals surface area contributed by atoms with Crippen LogP contribution < -0.4 is 5.32 Å². The van der Waals surface area contributed by atoms with E-state index in [0.29, 0.717) is 16.8 Å². The summed E-state index contributed by atoms with van der Waals surface area (Å²) in [6, 6.07) is 16.4. The Morgan fingerprint density at radius 1 is 1.08 bits per heavy atom. The molecule has 0 aliphatic carbocycles. The van der Waals surface area contributed by atoms with Crippen molar-refractivity contribution in [1.82, 2.24) is 24.7 Å². The van der Waals surface area contributed by atoms with Gasteiger partial charge in [-0.25, -0.2) is 14.8 Å². The summed E-state index contributed by atoms with van der Waals surface area (Å²) in [5.74, 6) is -0.445. The molecule has 0 fully saturated rings. The van der Waals surface area contributed by atoms with Crippen LogP contribution in [0.4, 0.5) is 10.5 Å². The second kappa shape index (κ2) is 9.66. The molecular weight excluding hydrogens is 464 g/mol. The van der Waals surface area contributed by atoms with Crippen LogP contribution in [0.2, 0.25) is 0 Å². The predicted octanol–water partition coefficient (Wildman–Crippen LogP) is 4.38. The maximum Gasteiger partial charge on any atom is 0.412 e. The molecule has 1 unspecified atom stereocenters. The number of rotatable bonds is 7. The maximum absolute atomic E-state index is 12.5. The Kier molecular flexibility index (Phi) is 6.10. The van der Waals surface area contributed by atoms with E-state index < -0.39 is 18.2 Å². The molecule has 0 aliphatic heterocycles. The van der Waals surface area contributed by atoms with Crippen molar-refractivity contribution in [2.24, 2.45) is 0 Å². The first-order valence-electron chi connectivity index (χ1n) is 11.0. The highest BCUT2D eigenvalue weighted by atomic mass is 16.6. The number of amides is 1. The van der Waals surface area contributed by atoms with Crippen molar-refractivity contribution in [1.29, 1.82) is 0 Å². The first-order chi connectivity index (χ1) is 17.5. The smallest absolute Gasteiger partial charge is 0.412 e. The van der Waals surface area contributed by atoms with Crippen LogP contribution in [-0.4, -0.2) is 41.9 Å². The Morgan fingerprint density at radius 2 is 1.86 bits per heavy atom. The van der Waals surface area contributed by atoms with Crippen molar-refractivity contribution in [2.75, 3.05) is 5.32 Å². The number of fused-ring (bicyclic) bond motifs is 1. The lowest BCUT2D eigenvalue weighted by molar-refractivity contribution is -0.136. The van der Waals surface area contributed by atoms with Crippen molar-refractivity contribution < 1.29 is 24.0 Å². The molecule has 3 aromatic heterocycles. The summed E-state index contributed by atoms with van der Waals surface area (Å²) in [5.41, 5.74) is 3.76. The van der Waals surface area contributed by atoms with Crippen LogP contribution in [0.15, 0.2) is 77.8 Å². The average Bonchev–Trinajstić information content (AvgIpc) is 3.54. The van der Waals surface area contributed by atoms with Crippen LogP contribution in [0.1, 0.15) is 24.2 Å². The number of aliphatic carboxylic acids is 1. The van der Waals surface area contributed by atoms with Crippen LogP contribution in [0.3, 0.4) is 0 Å². The molecule has 5 rings (SSSR count). The third-order valence-electron chi connectivity index (χ3n) is 5.49. The Morgan fingerprint density at radius 3 is 2.61 bits per heavy atom. The Balaban J connectivity index is 1.40. The zero-order chi connectivity index (χ0) is 25.1. The van der Waals surface area contributed by atoms with E-state index in [1.165, 1.54) is 17.0 Å². The lowest BCUT2D eigenvalue weighted by Crippen LogP contribution is -2.16. The number of carbonyl (C=O) groups is 2. The summed E-state index contributed by atoms with van der Waals surface area (Å²) in [6.07, 6.45) is 3.13. The van der Waals surface area contributed by atoms with Gasteiger partial charge in [-0.3, -0.25) is 10.1 Å². The standard InChI is InChI=1S/C25H20N6O5/c1-15(17-5-3-2-4-6-17)35-25(34)30-20-13-29-36-22(20)24-26-12-19(23-27-14-28-31(23)24)18-9-7-16(8-10-18)11-21(32)33/h2-10,12-15H,11H2,1H3,(H,30,34)(H,32,33). The van der Waals surface area contributed by atoms with Gasteiger partial charge in [-0.2, -0.15) is 9.61 Å². The van der Waals surface area contributed by atoms with Crippen molar-refractivity contribution in [3.05, 3.63) is 84.4 Å². The lowest BCUT2D eigenvalue weighted by Gasteiger charge is -2.14. The number of anilines is 1. The number of aromatic nitrogens is 5. The molecule has 0 radical (unpaired) electrons. The predicted molar refractivity (Wildman–Crippen MR) is 128 cm³/mol. The van der Waals surface area contributed by atoms with Crippen LogP contribution >= 0.6 is 0 Å². The number of carbonyl (C=O) groups excluding carboxylic acids is 1. The fraction of sp³-hybridized carbons (Fsp3) is 0.120. The summed E-state index contributed by atoms with van der Waals surface area (Å²) in [7, 11) is 0. The minimum Gasteiger partial charge on any atom is -0.481 e. The van der Waals surface area contributed by atoms with Gasteiger partial charge in [0.05, 0.1) is 12.6 Å². The molecule has 0 saturated heterocycles. The monoisotopic (exact) mass is 484 g/mol. The summed E-state index contributed by atoms with van der Waals surface area (Å²) >= 11 is 0. The van der Waals surface area contributed by atoms with Crippen LogP contribution in [-0.2, 0) is 16.0 Å². The van der Waals surface area contributed by atoms with E-state index in [4.69, 9.17) is 14.4 Å². The Labute approximate surface area is 204 Å². The van der Waals surface area contributed by atoms with Gasteiger partial charge in [-0.05, 0) is 23.6 Å². The van der Waals surface area contributed by atoms with Crippen molar-refractivity contribution in [2.45, 2.75) is 19.4 Å². The molecule has 11 nitrogen and oxygen atoms in total. The molecule has 180 valence electrons. The molecule has 5 aromatic rings. The molecule has 11 heteroatoms. The number of carboxylic acid groups (broad SMARTS) is 1. The normalized spacial score (nSPS) is 11.8. The van der Waals surface area contributed by atoms with Gasteiger partial charge in [0.15, 0.2) is 5.65 Å². The van der Waals surface area contributed by atoms with Gasteiger partial charge in [-0.15, -0.1) is 0 Å². The zero-order valence-corrected chi connectivity index (χ0v) is 19.0. The maximum atomic E-state index is 12.5. The molecule has 2 N–H and O–H groups in total. The summed E-state index contributed by atoms with van der Waals surface area (Å²) in [4.78, 5) is 32.3. The molecule has 36 heavy (non-hydrogen) atoms. The molecule has 3 heterocycles. The molecule has 0 aliphatic rings. The second-order valence-electron chi connectivity index (χ2n) is 7.91. The first-order valence-corrected chi connectivity index (χ1v) is 11.0. The third kappa shape index (κ3) is 4.62. The van der Waals surface area contributed by atoms with Gasteiger partial charge in [0, 0.05) is 11.8 Å². The zero-order valence-electron chi connectivity index (χ0n) is 19.0. The quantitative estimate of drug-likeness (QED) is 0.344. The Bertz CT molecular complexity index is 1530. The summed E-state index contributed by atoms with van der Waals surface area (Å²) in [5, 5.41) is 19.7. The van der Waals surface area contributed by atoms with Crippen molar-refractivity contribution >= 4 is 23.4 Å². The number of ether oxygens (including phenoxy) is 1. The number of hydrogen-bond acceptors (Lipinski definition) is 8. The van der Waals surface area contributed by atoms with Crippen LogP contribution in [0.5, 0.6) is 0 Å². The largest absolute Gasteiger partial charge is 0.481 e. The number of nitrogens with zero attached hydrogens (tertiary/aromatic N) is 5. The molecule has 0 bridgehead atoms. The highest BCUT2D eigenvalue weighted by Gasteiger charge is 2.22. The minimum absolute atomic E-state index is 0.0638. The first kappa shape index (κ1) is 22.7. The van der Waals surface area contributed by atoms with Crippen molar-refractivity contribution in [3.8, 4) is 22.7 Å². The Hall–Kier alpha value is -5.06. The number of nitrogens with one attached hydrogen (secondary N) is 1. The van der Waals surface area contributed by atoms with Crippen LogP contribution in [0.25, 0.3) is 28.4 Å². The third-order valence-corrected chi connectivity index (χ3v) is 5.49. The molecular formula is C25H20N6O5. The van der Waals surface area contributed by atoms with Gasteiger partial charge >= 0.3 is 12.1 Å². The van der Waals surface area contributed by atoms with Gasteiger partial charge in [0.25, 0.3) is 0 Å². The van der Waals surface area contributed by atoms with E-state index in [2.05, 4.69) is 25.5 Å². The van der Waals surface area contributed by atoms with Gasteiger partial charge in [0.2, 0.25) is 11.6 Å². The molecule has 2 aromatic carbocycles. The fourth-order valence-corrected chi connectivity index (χ4v) is 3.74. The van der Waals surface area contributed by atoms with E-state index in [0.717, 1.165) is 11.1 Å². The summed E-state index contributed by atoms with van der Waals surface area (Å²) < 4.78 is 12.3. The van der Waals surface area contributed by atoms with E-state index in [-0.39, 0.29) is 23.7 Å². The SMILES string of the molecule is CC(OC(=O)Nc1cnoc1-c1ncc(-c2ccc(CC(=O)O)cc2)c2ncnn12)c1ccccc1. The van der Waals surface area contributed by atoms with Crippen molar-refractivity contribution in [3.63, 3.8) is 0 Å². The number of benzene rings is 2. The average molecular weight is 484 g/mol. The van der Waals surface area contributed by atoms with E-state index in [1.807, 2.05) is 30.3 Å². The van der Waals surface area contributed by atoms with E-state index in [1.54, 1.807) is 37.4 Å². The molecule has 0 spiro atoms. The molecule has 0 saturated carbocycles. The number of carboxylic acids is 1. The summed E-state index contributed by atoms with van der Waals surface area (Å²) in [6.45, 7) is 1.77. The van der Waals surface area contributed by atoms with E-state index >= 15 is 0 Å². The van der Waals surface area contributed by atoms with Crippen LogP contribution in [0, 0.1) is 0 Å². The topological polar surface area (TPSA) is 145 Å². The van der Waals surface area contributed by atoms with Gasteiger partial charge in [-0.1, -0.05) is 59.8 Å². The van der Waals surface area contributed by atoms with Gasteiger partial charge in [0.1, 0.15) is 18.1 Å². The molecule has 1 atom stereocenters. The molecule has 1 amide bonds. The highest BCUT2D eigenvalue weighted by Crippen LogP contribution is 2.30. The fourth-order valence-electron chi connectivity index (χ4n) is 3.74.